The van der Waals surface area contributed by atoms with Crippen molar-refractivity contribution >= 4 is 40.8 Å². The molecule has 182 valence electrons. The molecule has 1 aromatic carbocycles. The molecule has 2 aromatic heterocycles. The Bertz CT molecular complexity index is 1290. The number of carbonyl (C=O) groups is 3. The summed E-state index contributed by atoms with van der Waals surface area (Å²) in [6.45, 7) is 2.29. The molecule has 2 atom stereocenters. The first-order valence-corrected chi connectivity index (χ1v) is 12.1. The molecule has 0 saturated carbocycles. The normalized spacial score (nSPS) is 17.1. The summed E-state index contributed by atoms with van der Waals surface area (Å²) in [5, 5.41) is 5.80. The molecule has 1 fully saturated rings. The van der Waals surface area contributed by atoms with Crippen LogP contribution in [0.5, 0.6) is 0 Å². The Labute approximate surface area is 210 Å². The molecule has 0 spiro atoms. The second kappa shape index (κ2) is 10.7. The summed E-state index contributed by atoms with van der Waals surface area (Å²) in [5.41, 5.74) is 0.823. The van der Waals surface area contributed by atoms with Crippen molar-refractivity contribution in [1.82, 2.24) is 20.1 Å². The van der Waals surface area contributed by atoms with Crippen LogP contribution in [0.1, 0.15) is 27.0 Å². The Kier molecular flexibility index (Phi) is 7.52. The van der Waals surface area contributed by atoms with Gasteiger partial charge in [-0.05, 0) is 49.4 Å². The van der Waals surface area contributed by atoms with Crippen LogP contribution in [0.2, 0.25) is 4.34 Å². The predicted molar refractivity (Wildman–Crippen MR) is 132 cm³/mol. The number of hydrogen-bond donors (Lipinski definition) is 2. The molecule has 3 heterocycles. The molecule has 1 unspecified atom stereocenters. The Hall–Kier alpha value is -3.63. The van der Waals surface area contributed by atoms with E-state index in [1.807, 2.05) is 0 Å². The Morgan fingerprint density at radius 3 is 2.29 bits per heavy atom. The average Bonchev–Trinajstić information content (AvgIpc) is 3.46. The Morgan fingerprint density at radius 1 is 1.00 bits per heavy atom. The highest BCUT2D eigenvalue weighted by atomic mass is 35.5. The van der Waals surface area contributed by atoms with E-state index in [0.717, 1.165) is 11.3 Å². The lowest BCUT2D eigenvalue weighted by atomic mass is 10.1. The van der Waals surface area contributed by atoms with Crippen molar-refractivity contribution in [1.29, 1.82) is 0 Å². The molecule has 11 heteroatoms. The van der Waals surface area contributed by atoms with Gasteiger partial charge in [0.25, 0.3) is 17.4 Å². The van der Waals surface area contributed by atoms with E-state index < -0.39 is 18.2 Å². The first-order chi connectivity index (χ1) is 16.9. The number of ether oxygens (including phenoxy) is 1. The van der Waals surface area contributed by atoms with Crippen molar-refractivity contribution in [2.75, 3.05) is 19.7 Å². The number of nitrogens with zero attached hydrogens (tertiary/aromatic N) is 2. The molecule has 3 aromatic rings. The minimum absolute atomic E-state index is 0.179. The molecular weight excluding hydrogens is 492 g/mol. The van der Waals surface area contributed by atoms with Gasteiger partial charge in [-0.2, -0.15) is 0 Å². The smallest absolute Gasteiger partial charge is 0.409 e. The number of aromatic nitrogens is 1. The molecule has 3 amide bonds. The maximum Gasteiger partial charge on any atom is 0.409 e. The second-order valence-corrected chi connectivity index (χ2v) is 9.54. The zero-order valence-corrected chi connectivity index (χ0v) is 20.3. The molecule has 0 aliphatic carbocycles. The molecule has 0 radical (unpaired) electrons. The lowest BCUT2D eigenvalue weighted by molar-refractivity contribution is 0.0898. The van der Waals surface area contributed by atoms with Crippen LogP contribution in [0.4, 0.5) is 4.79 Å². The summed E-state index contributed by atoms with van der Waals surface area (Å²) < 4.78 is 7.05. The van der Waals surface area contributed by atoms with Gasteiger partial charge in [0.05, 0.1) is 27.9 Å². The third kappa shape index (κ3) is 5.72. The molecule has 1 aliphatic heterocycles. The van der Waals surface area contributed by atoms with Crippen LogP contribution in [0.3, 0.4) is 0 Å². The van der Waals surface area contributed by atoms with E-state index in [1.54, 1.807) is 61.7 Å². The second-order valence-electron chi connectivity index (χ2n) is 7.82. The number of thiophene rings is 1. The van der Waals surface area contributed by atoms with E-state index in [-0.39, 0.29) is 37.1 Å². The van der Waals surface area contributed by atoms with Crippen molar-refractivity contribution in [3.8, 4) is 5.69 Å². The third-order valence-corrected chi connectivity index (χ3v) is 6.74. The lowest BCUT2D eigenvalue weighted by Crippen LogP contribution is -2.50. The number of benzene rings is 1. The molecule has 1 aliphatic rings. The molecule has 35 heavy (non-hydrogen) atoms. The van der Waals surface area contributed by atoms with Gasteiger partial charge in [0.15, 0.2) is 0 Å². The standard InChI is InChI=1S/C24H23ClN4O5S/c1-2-34-24(33)28-13-17(18(14-28)27-23(32)19-10-11-20(25)35-19)26-22(31)15-6-8-16(9-7-15)29-12-4-3-5-21(29)30/h3-12,17-18H,2,13-14H2,1H3,(H,26,31)(H,27,32)/t17?,18-/m1/s1. The van der Waals surface area contributed by atoms with Crippen molar-refractivity contribution < 1.29 is 19.1 Å². The van der Waals surface area contributed by atoms with Gasteiger partial charge in [-0.1, -0.05) is 17.7 Å². The van der Waals surface area contributed by atoms with Gasteiger partial charge in [-0.25, -0.2) is 4.79 Å². The van der Waals surface area contributed by atoms with E-state index in [1.165, 1.54) is 15.5 Å². The van der Waals surface area contributed by atoms with Crippen LogP contribution < -0.4 is 16.2 Å². The highest BCUT2D eigenvalue weighted by Gasteiger charge is 2.38. The van der Waals surface area contributed by atoms with Gasteiger partial charge in [-0.15, -0.1) is 11.3 Å². The molecule has 2 N–H and O–H groups in total. The monoisotopic (exact) mass is 514 g/mol. The van der Waals surface area contributed by atoms with E-state index in [9.17, 15) is 19.2 Å². The number of pyridine rings is 1. The summed E-state index contributed by atoms with van der Waals surface area (Å²) in [6.07, 6.45) is 1.13. The SMILES string of the molecule is CCOC(=O)N1CC(NC(=O)c2ccc(-n3ccccc3=O)cc2)[C@H](NC(=O)c2ccc(Cl)s2)C1. The number of rotatable bonds is 6. The van der Waals surface area contributed by atoms with Crippen LogP contribution in [0.15, 0.2) is 65.6 Å². The minimum atomic E-state index is -0.539. The quantitative estimate of drug-likeness (QED) is 0.525. The largest absolute Gasteiger partial charge is 0.450 e. The van der Waals surface area contributed by atoms with Crippen LogP contribution in [0.25, 0.3) is 5.69 Å². The van der Waals surface area contributed by atoms with Crippen LogP contribution >= 0.6 is 22.9 Å². The van der Waals surface area contributed by atoms with E-state index in [4.69, 9.17) is 16.3 Å². The number of carbonyl (C=O) groups excluding carboxylic acids is 3. The van der Waals surface area contributed by atoms with Gasteiger partial charge in [0, 0.05) is 36.6 Å². The number of halogens is 1. The molecule has 0 bridgehead atoms. The fraction of sp³-hybridized carbons (Fsp3) is 0.250. The average molecular weight is 515 g/mol. The van der Waals surface area contributed by atoms with Crippen LogP contribution in [-0.2, 0) is 4.74 Å². The zero-order chi connectivity index (χ0) is 24.9. The van der Waals surface area contributed by atoms with Crippen LogP contribution in [-0.4, -0.2) is 59.2 Å². The maximum absolute atomic E-state index is 13.0. The fourth-order valence-electron chi connectivity index (χ4n) is 3.80. The van der Waals surface area contributed by atoms with Gasteiger partial charge in [0.1, 0.15) is 0 Å². The van der Waals surface area contributed by atoms with Crippen molar-refractivity contribution in [2.24, 2.45) is 0 Å². The predicted octanol–water partition coefficient (Wildman–Crippen LogP) is 2.92. The summed E-state index contributed by atoms with van der Waals surface area (Å²) in [4.78, 5) is 51.9. The highest BCUT2D eigenvalue weighted by molar-refractivity contribution is 7.18. The highest BCUT2D eigenvalue weighted by Crippen LogP contribution is 2.22. The summed E-state index contributed by atoms with van der Waals surface area (Å²) in [5.74, 6) is -0.708. The van der Waals surface area contributed by atoms with Crippen molar-refractivity contribution in [3.05, 3.63) is 85.9 Å². The minimum Gasteiger partial charge on any atom is -0.450 e. The first-order valence-electron chi connectivity index (χ1n) is 10.9. The fourth-order valence-corrected chi connectivity index (χ4v) is 4.75. The Balaban J connectivity index is 1.48. The van der Waals surface area contributed by atoms with E-state index >= 15 is 0 Å². The molecule has 9 nitrogen and oxygen atoms in total. The first kappa shape index (κ1) is 24.5. The number of nitrogens with one attached hydrogen (secondary N) is 2. The van der Waals surface area contributed by atoms with Gasteiger partial charge >= 0.3 is 6.09 Å². The van der Waals surface area contributed by atoms with Gasteiger partial charge < -0.3 is 20.3 Å². The molecule has 4 rings (SSSR count). The molecule has 1 saturated heterocycles. The maximum atomic E-state index is 13.0. The summed E-state index contributed by atoms with van der Waals surface area (Å²) >= 11 is 7.08. The van der Waals surface area contributed by atoms with Crippen molar-refractivity contribution in [3.63, 3.8) is 0 Å². The van der Waals surface area contributed by atoms with Crippen molar-refractivity contribution in [2.45, 2.75) is 19.0 Å². The van der Waals surface area contributed by atoms with E-state index in [2.05, 4.69) is 10.6 Å². The van der Waals surface area contributed by atoms with Crippen LogP contribution in [0, 0.1) is 0 Å². The summed E-state index contributed by atoms with van der Waals surface area (Å²) in [7, 11) is 0. The third-order valence-electron chi connectivity index (χ3n) is 5.51. The van der Waals surface area contributed by atoms with Gasteiger partial charge in [0.2, 0.25) is 0 Å². The Morgan fingerprint density at radius 2 is 1.69 bits per heavy atom. The lowest BCUT2D eigenvalue weighted by Gasteiger charge is -2.20. The van der Waals surface area contributed by atoms with E-state index in [0.29, 0.717) is 20.5 Å². The summed E-state index contributed by atoms with van der Waals surface area (Å²) in [6, 6.07) is 13.6. The topological polar surface area (TPSA) is 110 Å². The number of amides is 3. The molecular formula is C24H23ClN4O5S. The number of hydrogen-bond acceptors (Lipinski definition) is 6. The number of likely N-dealkylation sites (tertiary alicyclic amines) is 1. The zero-order valence-electron chi connectivity index (χ0n) is 18.8. The van der Waals surface area contributed by atoms with Gasteiger partial charge in [-0.3, -0.25) is 19.0 Å².